The summed E-state index contributed by atoms with van der Waals surface area (Å²) in [6.07, 6.45) is 1.01. The Morgan fingerprint density at radius 3 is 3.00 bits per heavy atom. The van der Waals surface area contributed by atoms with E-state index in [1.54, 1.807) is 7.11 Å². The number of rotatable bonds is 6. The fourth-order valence-electron chi connectivity index (χ4n) is 1.74. The fourth-order valence-corrected chi connectivity index (χ4v) is 1.74. The Morgan fingerprint density at radius 2 is 2.18 bits per heavy atom. The van der Waals surface area contributed by atoms with E-state index in [4.69, 9.17) is 14.2 Å². The molecule has 1 aromatic carbocycles. The topological polar surface area (TPSA) is 39.7 Å². The lowest BCUT2D eigenvalue weighted by atomic mass is 10.2. The fraction of sp³-hybridized carbons (Fsp3) is 0.538. The summed E-state index contributed by atoms with van der Waals surface area (Å²) >= 11 is 0. The van der Waals surface area contributed by atoms with Crippen molar-refractivity contribution in [3.63, 3.8) is 0 Å². The van der Waals surface area contributed by atoms with Crippen molar-refractivity contribution < 1.29 is 14.2 Å². The van der Waals surface area contributed by atoms with Crippen LogP contribution < -0.4 is 14.8 Å². The molecule has 2 rings (SSSR count). The predicted molar refractivity (Wildman–Crippen MR) is 65.4 cm³/mol. The van der Waals surface area contributed by atoms with Gasteiger partial charge in [0, 0.05) is 26.3 Å². The first-order valence-corrected chi connectivity index (χ1v) is 5.90. The third-order valence-electron chi connectivity index (χ3n) is 2.85. The van der Waals surface area contributed by atoms with Crippen LogP contribution in [0.25, 0.3) is 0 Å². The van der Waals surface area contributed by atoms with Gasteiger partial charge in [0.2, 0.25) is 6.79 Å². The molecule has 1 unspecified atom stereocenters. The van der Waals surface area contributed by atoms with Gasteiger partial charge in [0.15, 0.2) is 11.5 Å². The lowest BCUT2D eigenvalue weighted by molar-refractivity contribution is 0.174. The van der Waals surface area contributed by atoms with Crippen LogP contribution >= 0.6 is 0 Å². The van der Waals surface area contributed by atoms with Gasteiger partial charge in [0.05, 0.1) is 0 Å². The summed E-state index contributed by atoms with van der Waals surface area (Å²) in [6, 6.07) is 6.49. The van der Waals surface area contributed by atoms with Gasteiger partial charge in [-0.15, -0.1) is 0 Å². The molecular weight excluding hydrogens is 218 g/mol. The van der Waals surface area contributed by atoms with E-state index in [0.717, 1.165) is 31.1 Å². The second kappa shape index (κ2) is 5.89. The largest absolute Gasteiger partial charge is 0.454 e. The van der Waals surface area contributed by atoms with Crippen molar-refractivity contribution in [3.8, 4) is 11.5 Å². The molecule has 0 aliphatic carbocycles. The van der Waals surface area contributed by atoms with Gasteiger partial charge in [0.25, 0.3) is 0 Å². The van der Waals surface area contributed by atoms with Crippen molar-refractivity contribution in [2.24, 2.45) is 0 Å². The highest BCUT2D eigenvalue weighted by Crippen LogP contribution is 2.32. The highest BCUT2D eigenvalue weighted by molar-refractivity contribution is 5.44. The number of hydrogen-bond acceptors (Lipinski definition) is 4. The summed E-state index contributed by atoms with van der Waals surface area (Å²) < 4.78 is 15.7. The number of ether oxygens (including phenoxy) is 3. The minimum atomic E-state index is 0.330. The van der Waals surface area contributed by atoms with Crippen LogP contribution in [-0.4, -0.2) is 26.6 Å². The molecule has 0 fully saturated rings. The summed E-state index contributed by atoms with van der Waals surface area (Å²) in [7, 11) is 1.73. The van der Waals surface area contributed by atoms with E-state index in [1.807, 2.05) is 12.1 Å². The molecule has 17 heavy (non-hydrogen) atoms. The zero-order valence-corrected chi connectivity index (χ0v) is 10.4. The summed E-state index contributed by atoms with van der Waals surface area (Å²) in [5, 5.41) is 3.45. The molecule has 0 saturated carbocycles. The Labute approximate surface area is 102 Å². The second-order valence-corrected chi connectivity index (χ2v) is 4.25. The SMILES string of the molecule is COCCC(C)NCc1ccc2c(c1)OCO2. The van der Waals surface area contributed by atoms with Crippen molar-refractivity contribution in [2.75, 3.05) is 20.5 Å². The molecule has 4 heteroatoms. The third-order valence-corrected chi connectivity index (χ3v) is 2.85. The number of benzene rings is 1. The Hall–Kier alpha value is -1.26. The van der Waals surface area contributed by atoms with E-state index >= 15 is 0 Å². The monoisotopic (exact) mass is 237 g/mol. The van der Waals surface area contributed by atoms with Crippen LogP contribution in [0.3, 0.4) is 0 Å². The van der Waals surface area contributed by atoms with Gasteiger partial charge in [0.1, 0.15) is 0 Å². The third kappa shape index (κ3) is 3.35. The van der Waals surface area contributed by atoms with Gasteiger partial charge in [-0.3, -0.25) is 0 Å². The molecule has 1 aromatic rings. The van der Waals surface area contributed by atoms with Crippen LogP contribution in [-0.2, 0) is 11.3 Å². The number of fused-ring (bicyclic) bond motifs is 1. The normalized spacial score (nSPS) is 14.9. The average Bonchev–Trinajstić information content (AvgIpc) is 2.81. The molecule has 94 valence electrons. The molecule has 1 atom stereocenters. The molecule has 0 bridgehead atoms. The Bertz CT molecular complexity index is 368. The highest BCUT2D eigenvalue weighted by Gasteiger charge is 2.13. The van der Waals surface area contributed by atoms with E-state index in [0.29, 0.717) is 12.8 Å². The van der Waals surface area contributed by atoms with Crippen molar-refractivity contribution in [1.82, 2.24) is 5.32 Å². The van der Waals surface area contributed by atoms with Crippen LogP contribution in [0, 0.1) is 0 Å². The molecule has 4 nitrogen and oxygen atoms in total. The molecule has 1 aliphatic rings. The first-order valence-electron chi connectivity index (χ1n) is 5.90. The summed E-state index contributed by atoms with van der Waals surface area (Å²) in [6.45, 7) is 4.11. The van der Waals surface area contributed by atoms with Gasteiger partial charge in [-0.25, -0.2) is 0 Å². The lowest BCUT2D eigenvalue weighted by Crippen LogP contribution is -2.26. The van der Waals surface area contributed by atoms with E-state index in [9.17, 15) is 0 Å². The minimum Gasteiger partial charge on any atom is -0.454 e. The van der Waals surface area contributed by atoms with Gasteiger partial charge < -0.3 is 19.5 Å². The van der Waals surface area contributed by atoms with Crippen LogP contribution in [0.4, 0.5) is 0 Å². The zero-order chi connectivity index (χ0) is 12.1. The smallest absolute Gasteiger partial charge is 0.231 e. The minimum absolute atomic E-state index is 0.330. The van der Waals surface area contributed by atoms with Gasteiger partial charge in [-0.05, 0) is 31.0 Å². The second-order valence-electron chi connectivity index (χ2n) is 4.25. The lowest BCUT2D eigenvalue weighted by Gasteiger charge is -2.13. The Kier molecular flexibility index (Phi) is 4.23. The first kappa shape index (κ1) is 12.2. The average molecular weight is 237 g/mol. The highest BCUT2D eigenvalue weighted by atomic mass is 16.7. The van der Waals surface area contributed by atoms with E-state index < -0.39 is 0 Å². The number of methoxy groups -OCH3 is 1. The predicted octanol–water partition coefficient (Wildman–Crippen LogP) is 1.93. The molecule has 0 radical (unpaired) electrons. The van der Waals surface area contributed by atoms with Crippen LogP contribution in [0.5, 0.6) is 11.5 Å². The van der Waals surface area contributed by atoms with Gasteiger partial charge in [-0.1, -0.05) is 6.07 Å². The maximum absolute atomic E-state index is 5.34. The Morgan fingerprint density at radius 1 is 1.35 bits per heavy atom. The zero-order valence-electron chi connectivity index (χ0n) is 10.4. The van der Waals surface area contributed by atoms with Crippen molar-refractivity contribution in [1.29, 1.82) is 0 Å². The first-order chi connectivity index (χ1) is 8.29. The molecule has 0 amide bonds. The summed E-state index contributed by atoms with van der Waals surface area (Å²) in [5.74, 6) is 1.68. The van der Waals surface area contributed by atoms with E-state index in [2.05, 4.69) is 18.3 Å². The number of hydrogen-bond donors (Lipinski definition) is 1. The molecule has 0 spiro atoms. The van der Waals surface area contributed by atoms with Crippen LogP contribution in [0.1, 0.15) is 18.9 Å². The molecule has 0 saturated heterocycles. The molecule has 1 N–H and O–H groups in total. The quantitative estimate of drug-likeness (QED) is 0.820. The summed E-state index contributed by atoms with van der Waals surface area (Å²) in [5.41, 5.74) is 1.21. The molecule has 1 heterocycles. The van der Waals surface area contributed by atoms with Crippen LogP contribution in [0.15, 0.2) is 18.2 Å². The standard InChI is InChI=1S/C13H19NO3/c1-10(5-6-15-2)14-8-11-3-4-12-13(7-11)17-9-16-12/h3-4,7,10,14H,5-6,8-9H2,1-2H3. The molecule has 1 aliphatic heterocycles. The molecule has 0 aromatic heterocycles. The molecular formula is C13H19NO3. The van der Waals surface area contributed by atoms with E-state index in [1.165, 1.54) is 5.56 Å². The maximum atomic E-state index is 5.34. The van der Waals surface area contributed by atoms with Crippen molar-refractivity contribution >= 4 is 0 Å². The van der Waals surface area contributed by atoms with Crippen molar-refractivity contribution in [3.05, 3.63) is 23.8 Å². The van der Waals surface area contributed by atoms with E-state index in [-0.39, 0.29) is 0 Å². The Balaban J connectivity index is 1.83. The maximum Gasteiger partial charge on any atom is 0.231 e. The number of nitrogens with one attached hydrogen (secondary N) is 1. The summed E-state index contributed by atoms with van der Waals surface area (Å²) in [4.78, 5) is 0. The van der Waals surface area contributed by atoms with Crippen molar-refractivity contribution in [2.45, 2.75) is 25.9 Å². The van der Waals surface area contributed by atoms with Gasteiger partial charge >= 0.3 is 0 Å². The van der Waals surface area contributed by atoms with Crippen LogP contribution in [0.2, 0.25) is 0 Å². The van der Waals surface area contributed by atoms with Gasteiger partial charge in [-0.2, -0.15) is 0 Å².